The average molecular weight is 315 g/mol. The summed E-state index contributed by atoms with van der Waals surface area (Å²) in [5.74, 6) is -0.610. The third-order valence-electron chi connectivity index (χ3n) is 3.85. The van der Waals surface area contributed by atoms with Crippen molar-refractivity contribution in [1.29, 1.82) is 0 Å². The molecule has 1 aromatic carbocycles. The van der Waals surface area contributed by atoms with Gasteiger partial charge in [0, 0.05) is 11.7 Å². The van der Waals surface area contributed by atoms with Crippen molar-refractivity contribution in [2.45, 2.75) is 26.3 Å². The number of para-hydroxylation sites is 1. The predicted octanol–water partition coefficient (Wildman–Crippen LogP) is 3.19. The molecule has 1 atom stereocenters. The molecule has 0 fully saturated rings. The number of hydrogen-bond donors (Lipinski definition) is 0. The molecule has 0 saturated carbocycles. The standard InChI is InChI=1S/C17H17NO3S/c1-11-7-8-22-16(11)17(20)21-10-15(19)18-12(2)9-13-5-3-4-6-14(13)18/h3-8,12H,9-10H2,1-2H3/t12-/m0/s1. The molecule has 114 valence electrons. The van der Waals surface area contributed by atoms with E-state index in [0.29, 0.717) is 4.88 Å². The molecule has 4 nitrogen and oxygen atoms in total. The average Bonchev–Trinajstić information content (AvgIpc) is 3.06. The van der Waals surface area contributed by atoms with Crippen molar-refractivity contribution in [3.05, 3.63) is 51.7 Å². The van der Waals surface area contributed by atoms with Gasteiger partial charge in [0.1, 0.15) is 4.88 Å². The number of nitrogens with zero attached hydrogens (tertiary/aromatic N) is 1. The fourth-order valence-electron chi connectivity index (χ4n) is 2.79. The van der Waals surface area contributed by atoms with E-state index in [1.54, 1.807) is 4.90 Å². The first-order valence-electron chi connectivity index (χ1n) is 7.19. The van der Waals surface area contributed by atoms with Gasteiger partial charge >= 0.3 is 5.97 Å². The minimum absolute atomic E-state index is 0.0899. The maximum absolute atomic E-state index is 12.4. The number of ether oxygens (including phenoxy) is 1. The first-order chi connectivity index (χ1) is 10.6. The van der Waals surface area contributed by atoms with Gasteiger partial charge in [0.2, 0.25) is 0 Å². The molecule has 22 heavy (non-hydrogen) atoms. The van der Waals surface area contributed by atoms with Gasteiger partial charge in [-0.25, -0.2) is 4.79 Å². The minimum atomic E-state index is -0.430. The first kappa shape index (κ1) is 14.8. The Balaban J connectivity index is 1.68. The van der Waals surface area contributed by atoms with Gasteiger partial charge in [-0.2, -0.15) is 0 Å². The molecular weight excluding hydrogens is 298 g/mol. The third-order valence-corrected chi connectivity index (χ3v) is 4.85. The molecule has 0 aliphatic carbocycles. The zero-order valence-corrected chi connectivity index (χ0v) is 13.4. The van der Waals surface area contributed by atoms with E-state index >= 15 is 0 Å². The van der Waals surface area contributed by atoms with Crippen LogP contribution in [0.1, 0.15) is 27.7 Å². The number of anilines is 1. The second-order valence-electron chi connectivity index (χ2n) is 5.45. The molecule has 0 unspecified atom stereocenters. The van der Waals surface area contributed by atoms with Gasteiger partial charge in [-0.3, -0.25) is 4.79 Å². The molecule has 5 heteroatoms. The Kier molecular flexibility index (Phi) is 3.98. The maximum Gasteiger partial charge on any atom is 0.349 e. The summed E-state index contributed by atoms with van der Waals surface area (Å²) >= 11 is 1.33. The monoisotopic (exact) mass is 315 g/mol. The van der Waals surface area contributed by atoms with Gasteiger partial charge in [0.15, 0.2) is 6.61 Å². The van der Waals surface area contributed by atoms with Crippen LogP contribution < -0.4 is 4.90 Å². The zero-order valence-electron chi connectivity index (χ0n) is 12.5. The molecule has 0 spiro atoms. The smallest absolute Gasteiger partial charge is 0.349 e. The van der Waals surface area contributed by atoms with Crippen molar-refractivity contribution in [1.82, 2.24) is 0 Å². The number of carbonyl (C=O) groups excluding carboxylic acids is 2. The number of thiophene rings is 1. The number of fused-ring (bicyclic) bond motifs is 1. The lowest BCUT2D eigenvalue weighted by atomic mass is 10.1. The molecule has 0 radical (unpaired) electrons. The summed E-state index contributed by atoms with van der Waals surface area (Å²) < 4.78 is 5.19. The molecule has 1 aromatic heterocycles. The van der Waals surface area contributed by atoms with Crippen LogP contribution in [0.5, 0.6) is 0 Å². The van der Waals surface area contributed by atoms with Crippen LogP contribution in [-0.2, 0) is 16.0 Å². The van der Waals surface area contributed by atoms with Crippen LogP contribution in [0.25, 0.3) is 0 Å². The van der Waals surface area contributed by atoms with E-state index in [0.717, 1.165) is 23.2 Å². The van der Waals surface area contributed by atoms with Crippen LogP contribution in [0.2, 0.25) is 0 Å². The van der Waals surface area contributed by atoms with Crippen molar-refractivity contribution in [3.63, 3.8) is 0 Å². The number of amides is 1. The summed E-state index contributed by atoms with van der Waals surface area (Å²) in [5.41, 5.74) is 2.95. The SMILES string of the molecule is Cc1ccsc1C(=O)OCC(=O)N1c2ccccc2C[C@@H]1C. The molecule has 3 rings (SSSR count). The Bertz CT molecular complexity index is 722. The molecular formula is C17H17NO3S. The van der Waals surface area contributed by atoms with Gasteiger partial charge in [-0.05, 0) is 48.9 Å². The van der Waals surface area contributed by atoms with Crippen molar-refractivity contribution < 1.29 is 14.3 Å². The second-order valence-corrected chi connectivity index (χ2v) is 6.37. The normalized spacial score (nSPS) is 16.5. The summed E-state index contributed by atoms with van der Waals surface area (Å²) in [6, 6.07) is 9.80. The van der Waals surface area contributed by atoms with Gasteiger partial charge in [-0.1, -0.05) is 18.2 Å². The fraction of sp³-hybridized carbons (Fsp3) is 0.294. The van der Waals surface area contributed by atoms with Gasteiger partial charge in [0.05, 0.1) is 0 Å². The van der Waals surface area contributed by atoms with Crippen molar-refractivity contribution in [2.75, 3.05) is 11.5 Å². The minimum Gasteiger partial charge on any atom is -0.451 e. The number of carbonyl (C=O) groups is 2. The lowest BCUT2D eigenvalue weighted by Crippen LogP contribution is -2.38. The molecule has 2 aromatic rings. The molecule has 2 heterocycles. The quantitative estimate of drug-likeness (QED) is 0.817. The molecule has 0 bridgehead atoms. The van der Waals surface area contributed by atoms with Crippen LogP contribution in [0.15, 0.2) is 35.7 Å². The van der Waals surface area contributed by atoms with Crippen LogP contribution in [-0.4, -0.2) is 24.5 Å². The van der Waals surface area contributed by atoms with E-state index < -0.39 is 5.97 Å². The van der Waals surface area contributed by atoms with E-state index in [2.05, 4.69) is 0 Å². The largest absolute Gasteiger partial charge is 0.451 e. The van der Waals surface area contributed by atoms with Crippen molar-refractivity contribution >= 4 is 28.9 Å². The topological polar surface area (TPSA) is 46.6 Å². The summed E-state index contributed by atoms with van der Waals surface area (Å²) in [6.07, 6.45) is 0.833. The number of aryl methyl sites for hydroxylation is 1. The number of esters is 1. The number of hydrogen-bond acceptors (Lipinski definition) is 4. The Hall–Kier alpha value is -2.14. The Morgan fingerprint density at radius 3 is 2.82 bits per heavy atom. The summed E-state index contributed by atoms with van der Waals surface area (Å²) in [7, 11) is 0. The lowest BCUT2D eigenvalue weighted by molar-refractivity contribution is -0.122. The van der Waals surface area contributed by atoms with Gasteiger partial charge in [-0.15, -0.1) is 11.3 Å². The Labute approximate surface area is 133 Å². The van der Waals surface area contributed by atoms with E-state index in [9.17, 15) is 9.59 Å². The molecule has 0 saturated heterocycles. The molecule has 1 aliphatic heterocycles. The highest BCUT2D eigenvalue weighted by atomic mass is 32.1. The van der Waals surface area contributed by atoms with Crippen LogP contribution >= 0.6 is 11.3 Å². The van der Waals surface area contributed by atoms with E-state index in [-0.39, 0.29) is 18.6 Å². The van der Waals surface area contributed by atoms with Crippen molar-refractivity contribution in [2.24, 2.45) is 0 Å². The number of benzene rings is 1. The van der Waals surface area contributed by atoms with E-state index in [4.69, 9.17) is 4.74 Å². The number of rotatable bonds is 3. The third kappa shape index (κ3) is 2.64. The summed E-state index contributed by atoms with van der Waals surface area (Å²) in [5, 5.41) is 1.84. The molecule has 0 N–H and O–H groups in total. The van der Waals surface area contributed by atoms with Gasteiger partial charge in [0.25, 0.3) is 5.91 Å². The Morgan fingerprint density at radius 2 is 2.09 bits per heavy atom. The maximum atomic E-state index is 12.4. The predicted molar refractivity (Wildman–Crippen MR) is 86.4 cm³/mol. The fourth-order valence-corrected chi connectivity index (χ4v) is 3.61. The van der Waals surface area contributed by atoms with E-state index in [1.807, 2.05) is 49.6 Å². The van der Waals surface area contributed by atoms with E-state index in [1.165, 1.54) is 11.3 Å². The first-order valence-corrected chi connectivity index (χ1v) is 8.07. The van der Waals surface area contributed by atoms with Gasteiger partial charge < -0.3 is 9.64 Å². The van der Waals surface area contributed by atoms with Crippen LogP contribution in [0, 0.1) is 6.92 Å². The highest BCUT2D eigenvalue weighted by Gasteiger charge is 2.31. The summed E-state index contributed by atoms with van der Waals surface area (Å²) in [6.45, 7) is 3.63. The second kappa shape index (κ2) is 5.93. The van der Waals surface area contributed by atoms with Crippen LogP contribution in [0.3, 0.4) is 0 Å². The highest BCUT2D eigenvalue weighted by molar-refractivity contribution is 7.12. The zero-order chi connectivity index (χ0) is 15.7. The molecule has 1 amide bonds. The van der Waals surface area contributed by atoms with Crippen molar-refractivity contribution in [3.8, 4) is 0 Å². The summed E-state index contributed by atoms with van der Waals surface area (Å²) in [4.78, 5) is 26.7. The highest BCUT2D eigenvalue weighted by Crippen LogP contribution is 2.31. The molecule has 1 aliphatic rings. The lowest BCUT2D eigenvalue weighted by Gasteiger charge is -2.22. The Morgan fingerprint density at radius 1 is 1.32 bits per heavy atom. The van der Waals surface area contributed by atoms with Crippen LogP contribution in [0.4, 0.5) is 5.69 Å².